The summed E-state index contributed by atoms with van der Waals surface area (Å²) >= 11 is 3.24. The van der Waals surface area contributed by atoms with Gasteiger partial charge in [-0.25, -0.2) is 13.1 Å². The van der Waals surface area contributed by atoms with E-state index in [1.807, 2.05) is 0 Å². The van der Waals surface area contributed by atoms with Crippen molar-refractivity contribution >= 4 is 26.0 Å². The molecular weight excluding hydrogens is 294 g/mol. The summed E-state index contributed by atoms with van der Waals surface area (Å²) in [6.45, 7) is 0.331. The summed E-state index contributed by atoms with van der Waals surface area (Å²) in [4.78, 5) is 0.261. The third kappa shape index (κ3) is 3.86. The highest BCUT2D eigenvalue weighted by atomic mass is 79.9. The van der Waals surface area contributed by atoms with E-state index in [9.17, 15) is 8.42 Å². The second-order valence-corrected chi connectivity index (χ2v) is 5.60. The van der Waals surface area contributed by atoms with Gasteiger partial charge in [-0.2, -0.15) is 0 Å². The molecule has 1 N–H and O–H groups in total. The molecule has 0 aliphatic heterocycles. The average molecular weight is 308 g/mol. The molecule has 1 atom stereocenters. The molecule has 0 fully saturated rings. The van der Waals surface area contributed by atoms with Crippen molar-refractivity contribution in [3.8, 4) is 0 Å². The number of halogens is 1. The fraction of sp³-hybridized carbons (Fsp3) is 0.400. The first-order valence-electron chi connectivity index (χ1n) is 4.72. The Balaban J connectivity index is 2.79. The van der Waals surface area contributed by atoms with Gasteiger partial charge in [0.2, 0.25) is 10.0 Å². The van der Waals surface area contributed by atoms with E-state index in [2.05, 4.69) is 20.7 Å². The summed E-state index contributed by atoms with van der Waals surface area (Å²) in [5.41, 5.74) is 0. The number of hydrogen-bond acceptors (Lipinski definition) is 3. The van der Waals surface area contributed by atoms with E-state index in [1.54, 1.807) is 30.3 Å². The van der Waals surface area contributed by atoms with Gasteiger partial charge >= 0.3 is 0 Å². The molecular formula is C10H14BrNO3S. The number of sulfonamides is 1. The fourth-order valence-corrected chi connectivity index (χ4v) is 3.00. The minimum absolute atomic E-state index is 0.261. The molecule has 0 amide bonds. The Morgan fingerprint density at radius 1 is 1.38 bits per heavy atom. The summed E-state index contributed by atoms with van der Waals surface area (Å²) < 4.78 is 31.3. The maximum atomic E-state index is 11.9. The maximum absolute atomic E-state index is 11.9. The van der Waals surface area contributed by atoms with Crippen LogP contribution in [0.2, 0.25) is 0 Å². The van der Waals surface area contributed by atoms with Crippen molar-refractivity contribution in [3.05, 3.63) is 30.3 Å². The molecule has 0 saturated heterocycles. The Bertz CT molecular complexity index is 407. The summed E-state index contributed by atoms with van der Waals surface area (Å²) in [7, 11) is -1.92. The van der Waals surface area contributed by atoms with Gasteiger partial charge in [0, 0.05) is 12.4 Å². The van der Waals surface area contributed by atoms with Crippen molar-refractivity contribution in [1.29, 1.82) is 0 Å². The van der Waals surface area contributed by atoms with Gasteiger partial charge in [0.15, 0.2) is 0 Å². The maximum Gasteiger partial charge on any atom is 0.240 e. The van der Waals surface area contributed by atoms with Crippen LogP contribution in [0.25, 0.3) is 0 Å². The first kappa shape index (κ1) is 13.6. The summed E-state index contributed by atoms with van der Waals surface area (Å²) in [6, 6.07) is 7.99. The van der Waals surface area contributed by atoms with Crippen LogP contribution in [-0.4, -0.2) is 33.5 Å². The summed E-state index contributed by atoms with van der Waals surface area (Å²) in [6.07, 6.45) is 0. The fourth-order valence-electron chi connectivity index (χ4n) is 1.20. The summed E-state index contributed by atoms with van der Waals surface area (Å²) in [5.74, 6) is 0. The number of nitrogens with one attached hydrogen (secondary N) is 1. The molecule has 16 heavy (non-hydrogen) atoms. The van der Waals surface area contributed by atoms with Gasteiger partial charge in [-0.1, -0.05) is 34.1 Å². The van der Waals surface area contributed by atoms with Crippen LogP contribution in [-0.2, 0) is 14.8 Å². The van der Waals surface area contributed by atoms with Crippen molar-refractivity contribution in [2.75, 3.05) is 19.0 Å². The average Bonchev–Trinajstić information content (AvgIpc) is 2.29. The quantitative estimate of drug-likeness (QED) is 0.808. The Labute approximate surface area is 104 Å². The second-order valence-electron chi connectivity index (χ2n) is 3.24. The zero-order valence-corrected chi connectivity index (χ0v) is 11.3. The predicted molar refractivity (Wildman–Crippen MR) is 66.2 cm³/mol. The van der Waals surface area contributed by atoms with Crippen LogP contribution in [0.15, 0.2) is 35.2 Å². The van der Waals surface area contributed by atoms with Crippen molar-refractivity contribution < 1.29 is 13.2 Å². The molecule has 1 unspecified atom stereocenters. The topological polar surface area (TPSA) is 55.4 Å². The smallest absolute Gasteiger partial charge is 0.240 e. The van der Waals surface area contributed by atoms with Crippen LogP contribution in [0.3, 0.4) is 0 Å². The van der Waals surface area contributed by atoms with Crippen LogP contribution < -0.4 is 4.72 Å². The third-order valence-electron chi connectivity index (χ3n) is 1.93. The van der Waals surface area contributed by atoms with E-state index < -0.39 is 10.0 Å². The second kappa shape index (κ2) is 6.34. The van der Waals surface area contributed by atoms with Crippen LogP contribution in [0.5, 0.6) is 0 Å². The predicted octanol–water partition coefficient (Wildman–Crippen LogP) is 1.37. The Morgan fingerprint density at radius 3 is 2.50 bits per heavy atom. The molecule has 0 aromatic heterocycles. The van der Waals surface area contributed by atoms with Crippen molar-refractivity contribution in [2.45, 2.75) is 10.9 Å². The van der Waals surface area contributed by atoms with Gasteiger partial charge in [-0.3, -0.25) is 0 Å². The van der Waals surface area contributed by atoms with Gasteiger partial charge in [0.25, 0.3) is 0 Å². The van der Waals surface area contributed by atoms with Gasteiger partial charge in [-0.15, -0.1) is 0 Å². The highest BCUT2D eigenvalue weighted by Crippen LogP contribution is 2.08. The molecule has 1 aromatic carbocycles. The zero-order valence-electron chi connectivity index (χ0n) is 8.89. The van der Waals surface area contributed by atoms with Crippen molar-refractivity contribution in [2.24, 2.45) is 0 Å². The van der Waals surface area contributed by atoms with Gasteiger partial charge in [0.05, 0.1) is 17.5 Å². The monoisotopic (exact) mass is 307 g/mol. The highest BCUT2D eigenvalue weighted by molar-refractivity contribution is 9.09. The van der Waals surface area contributed by atoms with Crippen LogP contribution in [0, 0.1) is 0 Å². The molecule has 90 valence electrons. The standard InChI is InChI=1S/C10H14BrNO3S/c1-15-8-9(7-11)12-16(13,14)10-5-3-2-4-6-10/h2-6,9,12H,7-8H2,1H3. The lowest BCUT2D eigenvalue weighted by molar-refractivity contribution is 0.182. The van der Waals surface area contributed by atoms with E-state index in [4.69, 9.17) is 4.74 Å². The van der Waals surface area contributed by atoms with Crippen molar-refractivity contribution in [3.63, 3.8) is 0 Å². The lowest BCUT2D eigenvalue weighted by atomic mass is 10.4. The molecule has 1 aromatic rings. The minimum Gasteiger partial charge on any atom is -0.383 e. The van der Waals surface area contributed by atoms with Crippen LogP contribution >= 0.6 is 15.9 Å². The Hall–Kier alpha value is -0.430. The molecule has 0 bridgehead atoms. The molecule has 0 aliphatic carbocycles. The molecule has 0 radical (unpaired) electrons. The first-order chi connectivity index (χ1) is 7.60. The van der Waals surface area contributed by atoms with Crippen LogP contribution in [0.1, 0.15) is 0 Å². The number of benzene rings is 1. The molecule has 0 saturated carbocycles. The molecule has 0 heterocycles. The van der Waals surface area contributed by atoms with Gasteiger partial charge in [-0.05, 0) is 12.1 Å². The molecule has 0 spiro atoms. The largest absolute Gasteiger partial charge is 0.383 e. The first-order valence-corrected chi connectivity index (χ1v) is 7.33. The molecule has 1 rings (SSSR count). The number of alkyl halides is 1. The zero-order chi connectivity index (χ0) is 12.0. The summed E-state index contributed by atoms with van der Waals surface area (Å²) in [5, 5.41) is 0.507. The number of rotatable bonds is 6. The number of hydrogen-bond donors (Lipinski definition) is 1. The lowest BCUT2D eigenvalue weighted by Crippen LogP contribution is -2.39. The Morgan fingerprint density at radius 2 is 2.00 bits per heavy atom. The van der Waals surface area contributed by atoms with Gasteiger partial charge in [0.1, 0.15) is 0 Å². The number of ether oxygens (including phenoxy) is 1. The van der Waals surface area contributed by atoms with E-state index in [1.165, 1.54) is 7.11 Å². The van der Waals surface area contributed by atoms with Crippen molar-refractivity contribution in [1.82, 2.24) is 4.72 Å². The minimum atomic E-state index is -3.45. The van der Waals surface area contributed by atoms with E-state index in [-0.39, 0.29) is 10.9 Å². The molecule has 0 aliphatic rings. The highest BCUT2D eigenvalue weighted by Gasteiger charge is 2.18. The van der Waals surface area contributed by atoms with E-state index in [0.29, 0.717) is 11.9 Å². The SMILES string of the molecule is COCC(CBr)NS(=O)(=O)c1ccccc1. The molecule has 6 heteroatoms. The third-order valence-corrected chi connectivity index (χ3v) is 4.25. The lowest BCUT2D eigenvalue weighted by Gasteiger charge is -2.15. The Kier molecular flexibility index (Phi) is 5.40. The van der Waals surface area contributed by atoms with Crippen LogP contribution in [0.4, 0.5) is 0 Å². The molecule has 4 nitrogen and oxygen atoms in total. The van der Waals surface area contributed by atoms with E-state index >= 15 is 0 Å². The number of methoxy groups -OCH3 is 1. The van der Waals surface area contributed by atoms with E-state index in [0.717, 1.165) is 0 Å². The van der Waals surface area contributed by atoms with Gasteiger partial charge < -0.3 is 4.74 Å². The normalized spacial score (nSPS) is 13.6.